The smallest absolute Gasteiger partial charge is 0.332 e. The fourth-order valence-electron chi connectivity index (χ4n) is 2.80. The number of carboxylic acids is 2. The molecule has 0 radical (unpaired) electrons. The number of ketones is 1. The van der Waals surface area contributed by atoms with Gasteiger partial charge in [0.15, 0.2) is 0 Å². The van der Waals surface area contributed by atoms with E-state index in [-0.39, 0.29) is 17.8 Å². The molecule has 0 aliphatic rings. The molecule has 0 aromatic heterocycles. The van der Waals surface area contributed by atoms with Crippen LogP contribution in [0, 0.1) is 0 Å². The summed E-state index contributed by atoms with van der Waals surface area (Å²) in [5.74, 6) is -3.23. The van der Waals surface area contributed by atoms with E-state index in [1.807, 2.05) is 6.07 Å². The number of rotatable bonds is 8. The lowest BCUT2D eigenvalue weighted by atomic mass is 9.70. The van der Waals surface area contributed by atoms with E-state index in [2.05, 4.69) is 6.58 Å². The lowest BCUT2D eigenvalue weighted by molar-refractivity contribution is -0.147. The molecule has 5 nitrogen and oxygen atoms in total. The van der Waals surface area contributed by atoms with Crippen molar-refractivity contribution in [2.45, 2.75) is 18.3 Å². The van der Waals surface area contributed by atoms with Gasteiger partial charge in [-0.15, -0.1) is 0 Å². The summed E-state index contributed by atoms with van der Waals surface area (Å²) in [6, 6.07) is 16.8. The van der Waals surface area contributed by atoms with E-state index in [1.54, 1.807) is 42.5 Å². The fourth-order valence-corrected chi connectivity index (χ4v) is 2.80. The van der Waals surface area contributed by atoms with Crippen molar-refractivity contribution in [3.8, 4) is 0 Å². The van der Waals surface area contributed by atoms with Gasteiger partial charge in [-0.1, -0.05) is 67.2 Å². The van der Waals surface area contributed by atoms with Crippen molar-refractivity contribution in [3.05, 3.63) is 83.9 Å². The molecule has 0 aliphatic carbocycles. The summed E-state index contributed by atoms with van der Waals surface area (Å²) in [5.41, 5.74) is -1.58. The van der Waals surface area contributed by atoms with Crippen molar-refractivity contribution >= 4 is 17.7 Å². The Balaban J connectivity index is 2.44. The zero-order chi connectivity index (χ0) is 18.4. The minimum Gasteiger partial charge on any atom is -0.480 e. The van der Waals surface area contributed by atoms with Crippen LogP contribution in [0.1, 0.15) is 17.5 Å². The maximum absolute atomic E-state index is 12.5. The topological polar surface area (TPSA) is 91.7 Å². The van der Waals surface area contributed by atoms with Gasteiger partial charge >= 0.3 is 11.9 Å². The van der Waals surface area contributed by atoms with Crippen LogP contribution < -0.4 is 0 Å². The average Bonchev–Trinajstić information content (AvgIpc) is 2.60. The van der Waals surface area contributed by atoms with Crippen LogP contribution in [-0.2, 0) is 26.2 Å². The van der Waals surface area contributed by atoms with Gasteiger partial charge in [0.05, 0.1) is 5.57 Å². The van der Waals surface area contributed by atoms with E-state index in [4.69, 9.17) is 0 Å². The summed E-state index contributed by atoms with van der Waals surface area (Å²) in [5, 5.41) is 19.2. The van der Waals surface area contributed by atoms with Gasteiger partial charge in [-0.25, -0.2) is 4.79 Å². The lowest BCUT2D eigenvalue weighted by Crippen LogP contribution is -2.42. The van der Waals surface area contributed by atoms with Gasteiger partial charge in [0.2, 0.25) is 0 Å². The van der Waals surface area contributed by atoms with Crippen LogP contribution in [0.3, 0.4) is 0 Å². The molecule has 2 aromatic rings. The molecule has 1 atom stereocenters. The van der Waals surface area contributed by atoms with Crippen LogP contribution in [0.2, 0.25) is 0 Å². The Labute approximate surface area is 145 Å². The predicted octanol–water partition coefficient (Wildman–Crippen LogP) is 2.85. The number of aliphatic carboxylic acids is 2. The number of carbonyl (C=O) groups is 3. The minimum absolute atomic E-state index is 0.0234. The number of hydrogen-bond acceptors (Lipinski definition) is 3. The first-order valence-corrected chi connectivity index (χ1v) is 7.65. The molecule has 0 saturated heterocycles. The van der Waals surface area contributed by atoms with Gasteiger partial charge in [0.1, 0.15) is 11.2 Å². The second-order valence-corrected chi connectivity index (χ2v) is 5.74. The molecule has 0 aliphatic heterocycles. The summed E-state index contributed by atoms with van der Waals surface area (Å²) in [4.78, 5) is 36.1. The second kappa shape index (κ2) is 7.57. The zero-order valence-electron chi connectivity index (χ0n) is 13.5. The number of benzene rings is 2. The first kappa shape index (κ1) is 18.1. The lowest BCUT2D eigenvalue weighted by Gasteiger charge is -2.29. The summed E-state index contributed by atoms with van der Waals surface area (Å²) < 4.78 is 0. The summed E-state index contributed by atoms with van der Waals surface area (Å²) in [7, 11) is 0. The third-order valence-electron chi connectivity index (χ3n) is 4.11. The Kier molecular flexibility index (Phi) is 5.49. The van der Waals surface area contributed by atoms with Gasteiger partial charge < -0.3 is 10.2 Å². The largest absolute Gasteiger partial charge is 0.480 e. The van der Waals surface area contributed by atoms with Crippen molar-refractivity contribution in [2.75, 3.05) is 0 Å². The molecular weight excluding hydrogens is 320 g/mol. The molecule has 0 amide bonds. The zero-order valence-corrected chi connectivity index (χ0v) is 13.5. The summed E-state index contributed by atoms with van der Waals surface area (Å²) in [6.07, 6.45) is -0.456. The Morgan fingerprint density at radius 1 is 0.880 bits per heavy atom. The number of hydrogen-bond donors (Lipinski definition) is 2. The van der Waals surface area contributed by atoms with E-state index < -0.39 is 29.3 Å². The van der Waals surface area contributed by atoms with E-state index in [0.29, 0.717) is 0 Å². The summed E-state index contributed by atoms with van der Waals surface area (Å²) in [6.45, 7) is 3.45. The van der Waals surface area contributed by atoms with E-state index in [1.165, 1.54) is 12.1 Å². The molecule has 2 aromatic carbocycles. The van der Waals surface area contributed by atoms with Crippen LogP contribution in [0.15, 0.2) is 72.8 Å². The van der Waals surface area contributed by atoms with Crippen LogP contribution in [0.4, 0.5) is 0 Å². The minimum atomic E-state index is -2.00. The van der Waals surface area contributed by atoms with Gasteiger partial charge in [-0.3, -0.25) is 9.59 Å². The first-order chi connectivity index (χ1) is 11.9. The molecule has 128 valence electrons. The fraction of sp³-hybridized carbons (Fsp3) is 0.150. The van der Waals surface area contributed by atoms with E-state index in [9.17, 15) is 24.6 Å². The maximum atomic E-state index is 12.5. The van der Waals surface area contributed by atoms with Crippen molar-refractivity contribution in [1.29, 1.82) is 0 Å². The predicted molar refractivity (Wildman–Crippen MR) is 92.3 cm³/mol. The normalized spacial score (nSPS) is 12.8. The van der Waals surface area contributed by atoms with E-state index >= 15 is 0 Å². The monoisotopic (exact) mass is 338 g/mol. The highest BCUT2D eigenvalue weighted by Crippen LogP contribution is 2.36. The van der Waals surface area contributed by atoms with Crippen LogP contribution in [0.25, 0.3) is 0 Å². The highest BCUT2D eigenvalue weighted by molar-refractivity contribution is 6.03. The second-order valence-electron chi connectivity index (χ2n) is 5.74. The maximum Gasteiger partial charge on any atom is 0.332 e. The first-order valence-electron chi connectivity index (χ1n) is 7.65. The van der Waals surface area contributed by atoms with Crippen LogP contribution in [0.5, 0.6) is 0 Å². The van der Waals surface area contributed by atoms with E-state index in [0.717, 1.165) is 5.56 Å². The molecule has 1 unspecified atom stereocenters. The molecule has 5 heteroatoms. The molecular formula is C20H18O5. The molecule has 25 heavy (non-hydrogen) atoms. The van der Waals surface area contributed by atoms with Crippen LogP contribution in [-0.4, -0.2) is 27.9 Å². The van der Waals surface area contributed by atoms with Crippen molar-refractivity contribution in [1.82, 2.24) is 0 Å². The highest BCUT2D eigenvalue weighted by Gasteiger charge is 2.47. The SMILES string of the molecule is C=C(C(=O)O)C(CC(=O)Cc1ccccc1)(C(=O)O)c1ccccc1. The van der Waals surface area contributed by atoms with Gasteiger partial charge in [0.25, 0.3) is 0 Å². The quantitative estimate of drug-likeness (QED) is 0.722. The average molecular weight is 338 g/mol. The Bertz CT molecular complexity index is 795. The molecule has 2 rings (SSSR count). The molecule has 0 spiro atoms. The van der Waals surface area contributed by atoms with Crippen LogP contribution >= 0.6 is 0 Å². The van der Waals surface area contributed by atoms with Crippen molar-refractivity contribution in [3.63, 3.8) is 0 Å². The Morgan fingerprint density at radius 3 is 1.88 bits per heavy atom. The molecule has 0 bridgehead atoms. The molecule has 0 fully saturated rings. The Hall–Kier alpha value is -3.21. The Morgan fingerprint density at radius 2 is 1.40 bits per heavy atom. The molecule has 0 heterocycles. The third kappa shape index (κ3) is 3.83. The molecule has 0 saturated carbocycles. The van der Waals surface area contributed by atoms with Gasteiger partial charge in [-0.2, -0.15) is 0 Å². The number of carbonyl (C=O) groups excluding carboxylic acids is 1. The van der Waals surface area contributed by atoms with Crippen molar-refractivity contribution in [2.24, 2.45) is 0 Å². The third-order valence-corrected chi connectivity index (χ3v) is 4.11. The standard InChI is InChI=1S/C20H18O5/c1-14(18(22)23)20(19(24)25,16-10-6-3-7-11-16)13-17(21)12-15-8-4-2-5-9-15/h2-11H,1,12-13H2,(H,22,23)(H,24,25). The summed E-state index contributed by atoms with van der Waals surface area (Å²) >= 11 is 0. The van der Waals surface area contributed by atoms with Gasteiger partial charge in [0, 0.05) is 12.8 Å². The number of Topliss-reactive ketones (excluding diaryl/α,β-unsaturated/α-hetero) is 1. The molecule has 2 N–H and O–H groups in total. The number of carboxylic acid groups (broad SMARTS) is 2. The van der Waals surface area contributed by atoms with Gasteiger partial charge in [-0.05, 0) is 11.1 Å². The highest BCUT2D eigenvalue weighted by atomic mass is 16.4. The van der Waals surface area contributed by atoms with Crippen molar-refractivity contribution < 1.29 is 24.6 Å².